The number of carbonyl (C=O) groups is 1. The Morgan fingerprint density at radius 1 is 1.16 bits per heavy atom. The van der Waals surface area contributed by atoms with E-state index >= 15 is 0 Å². The van der Waals surface area contributed by atoms with E-state index in [1.807, 2.05) is 17.5 Å². The van der Waals surface area contributed by atoms with Crippen molar-refractivity contribution in [3.63, 3.8) is 0 Å². The maximum atomic E-state index is 11.6. The number of hydrogen-bond acceptors (Lipinski definition) is 7. The first kappa shape index (κ1) is 21.6. The number of fused-ring (bicyclic) bond motifs is 1. The lowest BCUT2D eigenvalue weighted by Gasteiger charge is -2.34. The number of nitrogens with one attached hydrogen (secondary N) is 1. The van der Waals surface area contributed by atoms with Crippen molar-refractivity contribution in [1.82, 2.24) is 14.6 Å². The van der Waals surface area contributed by atoms with Gasteiger partial charge in [-0.25, -0.2) is 9.29 Å². The van der Waals surface area contributed by atoms with Gasteiger partial charge in [0.25, 0.3) is 0 Å². The van der Waals surface area contributed by atoms with Crippen LogP contribution in [0, 0.1) is 5.92 Å². The van der Waals surface area contributed by atoms with Crippen LogP contribution in [-0.4, -0.2) is 60.3 Å². The lowest BCUT2D eigenvalue weighted by Crippen LogP contribution is -2.43. The molecule has 1 aromatic heterocycles. The zero-order valence-corrected chi connectivity index (χ0v) is 20.0. The molecule has 0 spiro atoms. The molecule has 168 valence electrons. The second-order valence-electron chi connectivity index (χ2n) is 8.41. The third kappa shape index (κ3) is 4.44. The maximum Gasteiger partial charge on any atom is 0.220 e. The monoisotopic (exact) mass is 468 g/mol. The molecule has 2 saturated heterocycles. The van der Waals surface area contributed by atoms with E-state index in [0.29, 0.717) is 13.0 Å². The van der Waals surface area contributed by atoms with Crippen LogP contribution < -0.4 is 15.0 Å². The van der Waals surface area contributed by atoms with E-state index in [2.05, 4.69) is 69.1 Å². The van der Waals surface area contributed by atoms with Gasteiger partial charge < -0.3 is 15.0 Å². The first-order valence-electron chi connectivity index (χ1n) is 11.1. The highest BCUT2D eigenvalue weighted by atomic mass is 32.2. The molecular formula is C24H28N4O2S2. The molecule has 1 N–H and O–H groups in total. The summed E-state index contributed by atoms with van der Waals surface area (Å²) in [6, 6.07) is 13.1. The smallest absolute Gasteiger partial charge is 0.220 e. The van der Waals surface area contributed by atoms with Gasteiger partial charge in [-0.05, 0) is 48.6 Å². The summed E-state index contributed by atoms with van der Waals surface area (Å²) in [5, 5.41) is 2.91. The highest BCUT2D eigenvalue weighted by Gasteiger charge is 2.28. The van der Waals surface area contributed by atoms with Gasteiger partial charge in [-0.15, -0.1) is 11.3 Å². The SMILES string of the molecule is CSN1CCN(c2ccc(-c3cc(O[C@H](C)[C@H]4CNC(=O)C4)c4scnc4c3)cc2)CC1. The Labute approximate surface area is 197 Å². The van der Waals surface area contributed by atoms with Gasteiger partial charge in [0, 0.05) is 50.7 Å². The van der Waals surface area contributed by atoms with Crippen molar-refractivity contribution in [2.45, 2.75) is 19.4 Å². The number of thiazole rings is 1. The van der Waals surface area contributed by atoms with Crippen LogP contribution in [0.25, 0.3) is 21.3 Å². The average Bonchev–Trinajstić information content (AvgIpc) is 3.48. The molecule has 0 unspecified atom stereocenters. The van der Waals surface area contributed by atoms with Crippen molar-refractivity contribution in [3.8, 4) is 16.9 Å². The third-order valence-corrected chi connectivity index (χ3v) is 8.18. The molecule has 6 nitrogen and oxygen atoms in total. The first-order chi connectivity index (χ1) is 15.6. The van der Waals surface area contributed by atoms with E-state index in [1.165, 1.54) is 5.69 Å². The lowest BCUT2D eigenvalue weighted by atomic mass is 10.0. The number of nitrogens with zero attached hydrogens (tertiary/aromatic N) is 3. The van der Waals surface area contributed by atoms with Gasteiger partial charge in [0.05, 0.1) is 15.7 Å². The molecular weight excluding hydrogens is 440 g/mol. The Bertz CT molecular complexity index is 1090. The summed E-state index contributed by atoms with van der Waals surface area (Å²) in [6.45, 7) is 7.02. The second-order valence-corrected chi connectivity index (χ2v) is 10.1. The number of rotatable bonds is 6. The van der Waals surface area contributed by atoms with Crippen molar-refractivity contribution in [3.05, 3.63) is 41.9 Å². The molecule has 5 rings (SSSR count). The highest BCUT2D eigenvalue weighted by Crippen LogP contribution is 2.36. The minimum absolute atomic E-state index is 0.0446. The Kier molecular flexibility index (Phi) is 6.26. The molecule has 0 bridgehead atoms. The van der Waals surface area contributed by atoms with Crippen molar-refractivity contribution >= 4 is 45.1 Å². The standard InChI is InChI=1S/C24H28N4O2S2/c1-16(19-13-23(29)25-14-19)30-22-12-18(11-21-24(22)32-15-26-21)17-3-5-20(6-4-17)27-7-9-28(31-2)10-8-27/h3-6,11-12,15-16,19H,7-10,13-14H2,1-2H3,(H,25,29)/t16-,19-/m1/s1. The normalized spacial score (nSPS) is 20.5. The second kappa shape index (κ2) is 9.29. The number of hydrogen-bond donors (Lipinski definition) is 1. The van der Waals surface area contributed by atoms with E-state index in [1.54, 1.807) is 11.3 Å². The van der Waals surface area contributed by atoms with Gasteiger partial charge in [-0.3, -0.25) is 4.79 Å². The van der Waals surface area contributed by atoms with E-state index in [4.69, 9.17) is 4.74 Å². The Morgan fingerprint density at radius 2 is 1.94 bits per heavy atom. The summed E-state index contributed by atoms with van der Waals surface area (Å²) in [4.78, 5) is 18.6. The van der Waals surface area contributed by atoms with Crippen LogP contribution in [0.3, 0.4) is 0 Å². The number of anilines is 1. The minimum atomic E-state index is -0.0446. The Balaban J connectivity index is 1.37. The molecule has 0 saturated carbocycles. The van der Waals surface area contributed by atoms with Crippen LogP contribution in [-0.2, 0) is 4.79 Å². The number of ether oxygens (including phenoxy) is 1. The molecule has 3 heterocycles. The zero-order valence-electron chi connectivity index (χ0n) is 18.4. The van der Waals surface area contributed by atoms with Gasteiger partial charge >= 0.3 is 0 Å². The minimum Gasteiger partial charge on any atom is -0.489 e. The lowest BCUT2D eigenvalue weighted by molar-refractivity contribution is -0.119. The number of carbonyl (C=O) groups excluding carboxylic acids is 1. The van der Waals surface area contributed by atoms with Gasteiger partial charge in [0.2, 0.25) is 5.91 Å². The van der Waals surface area contributed by atoms with Crippen LogP contribution in [0.4, 0.5) is 5.69 Å². The largest absolute Gasteiger partial charge is 0.489 e. The van der Waals surface area contributed by atoms with Crippen molar-refractivity contribution in [2.75, 3.05) is 43.9 Å². The molecule has 2 aliphatic heterocycles. The fourth-order valence-electron chi connectivity index (χ4n) is 4.44. The summed E-state index contributed by atoms with van der Waals surface area (Å²) in [5.41, 5.74) is 6.34. The van der Waals surface area contributed by atoms with E-state index in [-0.39, 0.29) is 17.9 Å². The van der Waals surface area contributed by atoms with E-state index < -0.39 is 0 Å². The fraction of sp³-hybridized carbons (Fsp3) is 0.417. The van der Waals surface area contributed by atoms with Crippen molar-refractivity contribution in [1.29, 1.82) is 0 Å². The summed E-state index contributed by atoms with van der Waals surface area (Å²) < 4.78 is 9.85. The summed E-state index contributed by atoms with van der Waals surface area (Å²) in [6.07, 6.45) is 2.63. The summed E-state index contributed by atoms with van der Waals surface area (Å²) in [5.74, 6) is 1.15. The van der Waals surface area contributed by atoms with Crippen molar-refractivity contribution in [2.24, 2.45) is 5.92 Å². The Hall–Kier alpha value is -2.29. The number of benzene rings is 2. The molecule has 2 aromatic carbocycles. The first-order valence-corrected chi connectivity index (χ1v) is 13.1. The molecule has 8 heteroatoms. The number of amides is 1. The van der Waals surface area contributed by atoms with Gasteiger partial charge in [0.1, 0.15) is 11.9 Å². The van der Waals surface area contributed by atoms with Gasteiger partial charge in [0.15, 0.2) is 0 Å². The third-order valence-electron chi connectivity index (χ3n) is 6.45. The summed E-state index contributed by atoms with van der Waals surface area (Å²) in [7, 11) is 0. The topological polar surface area (TPSA) is 57.7 Å². The van der Waals surface area contributed by atoms with Crippen LogP contribution >= 0.6 is 23.3 Å². The maximum absolute atomic E-state index is 11.6. The molecule has 2 atom stereocenters. The molecule has 0 radical (unpaired) electrons. The van der Waals surface area contributed by atoms with Crippen LogP contribution in [0.1, 0.15) is 13.3 Å². The van der Waals surface area contributed by atoms with E-state index in [0.717, 1.165) is 53.3 Å². The predicted molar refractivity (Wildman–Crippen MR) is 134 cm³/mol. The molecule has 2 aliphatic rings. The summed E-state index contributed by atoms with van der Waals surface area (Å²) >= 11 is 3.42. The Morgan fingerprint density at radius 3 is 2.62 bits per heavy atom. The quantitative estimate of drug-likeness (QED) is 0.546. The van der Waals surface area contributed by atoms with Gasteiger partial charge in [-0.1, -0.05) is 24.1 Å². The average molecular weight is 469 g/mol. The molecule has 0 aliphatic carbocycles. The zero-order chi connectivity index (χ0) is 22.1. The molecule has 32 heavy (non-hydrogen) atoms. The van der Waals surface area contributed by atoms with Crippen LogP contribution in [0.2, 0.25) is 0 Å². The van der Waals surface area contributed by atoms with E-state index in [9.17, 15) is 4.79 Å². The molecule has 3 aromatic rings. The van der Waals surface area contributed by atoms with Gasteiger partial charge in [-0.2, -0.15) is 0 Å². The number of piperazine rings is 1. The number of aromatic nitrogens is 1. The fourth-order valence-corrected chi connectivity index (χ4v) is 5.70. The molecule has 1 amide bonds. The van der Waals surface area contributed by atoms with Crippen molar-refractivity contribution < 1.29 is 9.53 Å². The highest BCUT2D eigenvalue weighted by molar-refractivity contribution is 7.96. The van der Waals surface area contributed by atoms with Crippen LogP contribution in [0.15, 0.2) is 41.9 Å². The molecule has 2 fully saturated rings. The van der Waals surface area contributed by atoms with Crippen LogP contribution in [0.5, 0.6) is 5.75 Å². The predicted octanol–water partition coefficient (Wildman–Crippen LogP) is 4.27.